The van der Waals surface area contributed by atoms with Crippen molar-refractivity contribution in [2.24, 2.45) is 0 Å². The average Bonchev–Trinajstić information content (AvgIpc) is 2.76. The van der Waals surface area contributed by atoms with E-state index in [-0.39, 0.29) is 11.8 Å². The Hall–Kier alpha value is -3.03. The van der Waals surface area contributed by atoms with Crippen LogP contribution in [-0.4, -0.2) is 34.1 Å². The summed E-state index contributed by atoms with van der Waals surface area (Å²) in [7, 11) is 1.89. The topological polar surface area (TPSA) is 94.7 Å². The summed E-state index contributed by atoms with van der Waals surface area (Å²) in [6, 6.07) is 13.7. The summed E-state index contributed by atoms with van der Waals surface area (Å²) >= 11 is 1.83. The third-order valence-electron chi connectivity index (χ3n) is 4.81. The Labute approximate surface area is 193 Å². The minimum absolute atomic E-state index is 0.0940. The second-order valence-electron chi connectivity index (χ2n) is 7.82. The van der Waals surface area contributed by atoms with Gasteiger partial charge in [0.15, 0.2) is 0 Å². The molecule has 0 fully saturated rings. The van der Waals surface area contributed by atoms with Gasteiger partial charge in [-0.1, -0.05) is 32.0 Å². The molecule has 1 heterocycles. The molecule has 0 bridgehead atoms. The van der Waals surface area contributed by atoms with Gasteiger partial charge in [-0.25, -0.2) is 4.98 Å². The van der Waals surface area contributed by atoms with Gasteiger partial charge in [-0.3, -0.25) is 15.8 Å². The lowest BCUT2D eigenvalue weighted by atomic mass is 10.1. The zero-order valence-corrected chi connectivity index (χ0v) is 19.9. The Kier molecular flexibility index (Phi) is 7.77. The number of aryl methyl sites for hydroxylation is 2. The van der Waals surface area contributed by atoms with Crippen molar-refractivity contribution in [1.29, 1.82) is 10.8 Å². The number of benzene rings is 2. The first kappa shape index (κ1) is 23.6. The molecule has 0 aliphatic rings. The van der Waals surface area contributed by atoms with Crippen LogP contribution in [0.5, 0.6) is 0 Å². The van der Waals surface area contributed by atoms with E-state index in [0.29, 0.717) is 27.9 Å². The van der Waals surface area contributed by atoms with Crippen molar-refractivity contribution in [2.75, 3.05) is 7.05 Å². The van der Waals surface area contributed by atoms with E-state index in [2.05, 4.69) is 48.2 Å². The molecule has 2 aromatic carbocycles. The maximum atomic E-state index is 8.39. The Morgan fingerprint density at radius 2 is 1.78 bits per heavy atom. The van der Waals surface area contributed by atoms with E-state index in [0.717, 1.165) is 17.7 Å². The maximum absolute atomic E-state index is 8.39. The smallest absolute Gasteiger partial charge is 0.241 e. The number of ether oxygens (including phenoxy) is 1. The van der Waals surface area contributed by atoms with E-state index in [1.165, 1.54) is 10.5 Å². The minimum atomic E-state index is -0.190. The van der Waals surface area contributed by atoms with Crippen molar-refractivity contribution in [3.05, 3.63) is 76.7 Å². The zero-order valence-electron chi connectivity index (χ0n) is 19.1. The molecule has 1 aromatic heterocycles. The highest BCUT2D eigenvalue weighted by molar-refractivity contribution is 8.00. The van der Waals surface area contributed by atoms with Gasteiger partial charge >= 0.3 is 0 Å². The average molecular weight is 448 g/mol. The Morgan fingerprint density at radius 1 is 1.06 bits per heavy atom. The van der Waals surface area contributed by atoms with Gasteiger partial charge in [-0.05, 0) is 56.3 Å². The second kappa shape index (κ2) is 10.5. The fourth-order valence-electron chi connectivity index (χ4n) is 3.19. The normalized spacial score (nSPS) is 10.9. The highest BCUT2D eigenvalue weighted by Gasteiger charge is 2.16. The molecule has 0 saturated carbocycles. The fraction of sp³-hybridized carbons (Fsp3) is 0.280. The molecule has 0 unspecified atom stereocenters. The van der Waals surface area contributed by atoms with Gasteiger partial charge in [0.05, 0.1) is 17.6 Å². The van der Waals surface area contributed by atoms with E-state index in [1.807, 2.05) is 49.1 Å². The Balaban J connectivity index is 1.80. The highest BCUT2D eigenvalue weighted by atomic mass is 32.2. The molecule has 3 aromatic rings. The van der Waals surface area contributed by atoms with Gasteiger partial charge in [0.25, 0.3) is 0 Å². The molecule has 0 amide bonds. The van der Waals surface area contributed by atoms with Gasteiger partial charge in [-0.2, -0.15) is 0 Å². The van der Waals surface area contributed by atoms with Crippen molar-refractivity contribution >= 4 is 23.6 Å². The summed E-state index contributed by atoms with van der Waals surface area (Å²) in [5.41, 5.74) is 5.42. The molecule has 3 rings (SSSR count). The molecule has 0 atom stereocenters. The van der Waals surface area contributed by atoms with Gasteiger partial charge in [0, 0.05) is 27.8 Å². The Bertz CT molecular complexity index is 1130. The minimum Gasteiger partial charge on any atom is -0.419 e. The van der Waals surface area contributed by atoms with Crippen LogP contribution in [0.1, 0.15) is 41.9 Å². The molecule has 0 saturated heterocycles. The fourth-order valence-corrected chi connectivity index (χ4v) is 4.09. The Morgan fingerprint density at radius 3 is 2.41 bits per heavy atom. The summed E-state index contributed by atoms with van der Waals surface area (Å²) in [6.07, 6.45) is 1.71. The summed E-state index contributed by atoms with van der Waals surface area (Å²) in [4.78, 5) is 10.3. The molecular weight excluding hydrogens is 418 g/mol. The molecule has 32 heavy (non-hydrogen) atoms. The van der Waals surface area contributed by atoms with Gasteiger partial charge in [0.2, 0.25) is 11.8 Å². The first-order valence-electron chi connectivity index (χ1n) is 10.5. The summed E-state index contributed by atoms with van der Waals surface area (Å²) in [5, 5.41) is 20.2. The lowest BCUT2D eigenvalue weighted by Crippen LogP contribution is -2.16. The molecule has 0 aliphatic heterocycles. The first-order valence-corrected chi connectivity index (χ1v) is 11.4. The van der Waals surface area contributed by atoms with Gasteiger partial charge in [-0.15, -0.1) is 11.8 Å². The number of nitrogens with one attached hydrogen (secondary N) is 3. The second-order valence-corrected chi connectivity index (χ2v) is 9.44. The highest BCUT2D eigenvalue weighted by Crippen LogP contribution is 2.29. The third-order valence-corrected chi connectivity index (χ3v) is 5.99. The largest absolute Gasteiger partial charge is 0.419 e. The van der Waals surface area contributed by atoms with Crippen molar-refractivity contribution in [3.63, 3.8) is 0 Å². The van der Waals surface area contributed by atoms with Crippen LogP contribution in [0.4, 0.5) is 0 Å². The number of hydrogen-bond donors (Lipinski definition) is 3. The molecule has 6 nitrogen and oxygen atoms in total. The van der Waals surface area contributed by atoms with E-state index in [1.54, 1.807) is 13.1 Å². The lowest BCUT2D eigenvalue weighted by molar-refractivity contribution is 0.534. The van der Waals surface area contributed by atoms with E-state index < -0.39 is 0 Å². The quantitative estimate of drug-likeness (QED) is 0.258. The van der Waals surface area contributed by atoms with Crippen LogP contribution in [0.2, 0.25) is 0 Å². The van der Waals surface area contributed by atoms with Gasteiger partial charge in [0.1, 0.15) is 5.69 Å². The number of nitrogens with zero attached hydrogens (tertiary/aromatic N) is 2. The lowest BCUT2D eigenvalue weighted by Gasteiger charge is -2.12. The summed E-state index contributed by atoms with van der Waals surface area (Å²) < 4.78 is 5.53. The molecule has 166 valence electrons. The summed E-state index contributed by atoms with van der Waals surface area (Å²) in [5.74, 6) is -0.284. The first-order chi connectivity index (χ1) is 15.3. The van der Waals surface area contributed by atoms with Crippen molar-refractivity contribution in [1.82, 2.24) is 15.3 Å². The van der Waals surface area contributed by atoms with E-state index >= 15 is 0 Å². The summed E-state index contributed by atoms with van der Waals surface area (Å²) in [6.45, 7) is 8.98. The van der Waals surface area contributed by atoms with Crippen LogP contribution in [-0.2, 0) is 11.3 Å². The van der Waals surface area contributed by atoms with Gasteiger partial charge < -0.3 is 10.1 Å². The van der Waals surface area contributed by atoms with Crippen LogP contribution in [0, 0.1) is 24.7 Å². The van der Waals surface area contributed by atoms with E-state index in [9.17, 15) is 0 Å². The zero-order chi connectivity index (χ0) is 23.3. The van der Waals surface area contributed by atoms with E-state index in [4.69, 9.17) is 15.6 Å². The number of hydrogen-bond acceptors (Lipinski definition) is 7. The van der Waals surface area contributed by atoms with Crippen LogP contribution in [0.25, 0.3) is 11.3 Å². The van der Waals surface area contributed by atoms with Crippen molar-refractivity contribution in [2.45, 2.75) is 44.4 Å². The van der Waals surface area contributed by atoms with Crippen LogP contribution < -0.4 is 5.32 Å². The SMILES string of the molecule is CNCc1ccc(C(=N)OC(=N)c2nc(-c3ccc(SC(C)C)c(C)c3)cnc2C)cc1. The van der Waals surface area contributed by atoms with Crippen LogP contribution in [0.15, 0.2) is 53.6 Å². The number of aromatic nitrogens is 2. The molecule has 7 heteroatoms. The standard InChI is InChI=1S/C25H29N5OS/c1-15(2)32-22-11-10-20(12-16(22)3)21-14-29-17(4)23(30-21)25(27)31-24(26)19-8-6-18(7-9-19)13-28-5/h6-12,14-15,26-28H,13H2,1-5H3. The monoisotopic (exact) mass is 447 g/mol. The van der Waals surface area contributed by atoms with Crippen LogP contribution >= 0.6 is 11.8 Å². The number of thioether (sulfide) groups is 1. The predicted octanol–water partition coefficient (Wildman–Crippen LogP) is 5.35. The number of rotatable bonds is 7. The van der Waals surface area contributed by atoms with Crippen molar-refractivity contribution in [3.8, 4) is 11.3 Å². The maximum Gasteiger partial charge on any atom is 0.241 e. The predicted molar refractivity (Wildman–Crippen MR) is 132 cm³/mol. The molecule has 0 radical (unpaired) electrons. The molecule has 0 aliphatic carbocycles. The molecular formula is C25H29N5OS. The molecule has 3 N–H and O–H groups in total. The van der Waals surface area contributed by atoms with Crippen LogP contribution in [0.3, 0.4) is 0 Å². The molecule has 0 spiro atoms. The third kappa shape index (κ3) is 5.81. The van der Waals surface area contributed by atoms with Crippen molar-refractivity contribution < 1.29 is 4.74 Å².